The first-order valence-corrected chi connectivity index (χ1v) is 5.02. The number of hydrogen-bond acceptors (Lipinski definition) is 4. The molecule has 4 heteroatoms. The van der Waals surface area contributed by atoms with Gasteiger partial charge in [-0.15, -0.1) is 0 Å². The van der Waals surface area contributed by atoms with Crippen LogP contribution in [-0.4, -0.2) is 34.0 Å². The Morgan fingerprint density at radius 1 is 1.64 bits per heavy atom. The second kappa shape index (κ2) is 4.02. The van der Waals surface area contributed by atoms with Gasteiger partial charge in [0.25, 0.3) is 0 Å². The van der Waals surface area contributed by atoms with Gasteiger partial charge in [0.15, 0.2) is 0 Å². The Kier molecular flexibility index (Phi) is 2.74. The van der Waals surface area contributed by atoms with Crippen molar-refractivity contribution in [3.05, 3.63) is 23.8 Å². The first-order valence-electron chi connectivity index (χ1n) is 5.02. The van der Waals surface area contributed by atoms with E-state index in [1.165, 1.54) is 6.42 Å². The Bertz CT molecular complexity index is 311. The summed E-state index contributed by atoms with van der Waals surface area (Å²) in [6.07, 6.45) is 3.03. The van der Waals surface area contributed by atoms with Gasteiger partial charge in [0.1, 0.15) is 5.82 Å². The van der Waals surface area contributed by atoms with E-state index in [1.54, 1.807) is 0 Å². The fourth-order valence-electron chi connectivity index (χ4n) is 1.73. The van der Waals surface area contributed by atoms with Gasteiger partial charge in [-0.25, -0.2) is 9.97 Å². The maximum Gasteiger partial charge on any atom is 0.142 e. The van der Waals surface area contributed by atoms with E-state index < -0.39 is 0 Å². The summed E-state index contributed by atoms with van der Waals surface area (Å²) in [6, 6.07) is 2.46. The van der Waals surface area contributed by atoms with Gasteiger partial charge in [0.05, 0.1) is 6.54 Å². The number of nitrogens with two attached hydrogens (primary N) is 1. The predicted octanol–water partition coefficient (Wildman–Crippen LogP) is 0.318. The van der Waals surface area contributed by atoms with Crippen molar-refractivity contribution in [3.63, 3.8) is 0 Å². The van der Waals surface area contributed by atoms with Gasteiger partial charge in [-0.1, -0.05) is 0 Å². The normalized spacial score (nSPS) is 22.0. The number of likely N-dealkylation sites (tertiary alicyclic amines) is 1. The second-order valence-corrected chi connectivity index (χ2v) is 3.76. The van der Waals surface area contributed by atoms with Crippen molar-refractivity contribution in [1.29, 1.82) is 0 Å². The third-order valence-electron chi connectivity index (χ3n) is 2.73. The molecule has 4 nitrogen and oxygen atoms in total. The Balaban J connectivity index is 1.97. The van der Waals surface area contributed by atoms with Crippen LogP contribution in [0, 0.1) is 6.92 Å². The molecule has 0 amide bonds. The van der Waals surface area contributed by atoms with Crippen molar-refractivity contribution in [2.24, 2.45) is 5.73 Å². The molecule has 2 N–H and O–H groups in total. The van der Waals surface area contributed by atoms with Crippen molar-refractivity contribution in [1.82, 2.24) is 14.9 Å². The molecule has 1 aromatic rings. The summed E-state index contributed by atoms with van der Waals surface area (Å²) in [4.78, 5) is 10.9. The minimum atomic E-state index is 0.541. The summed E-state index contributed by atoms with van der Waals surface area (Å²) in [6.45, 7) is 4.69. The number of nitrogens with zero attached hydrogens (tertiary/aromatic N) is 3. The molecule has 0 saturated carbocycles. The average Bonchev–Trinajstić information content (AvgIpc) is 2.14. The molecule has 1 aliphatic rings. The van der Waals surface area contributed by atoms with E-state index in [0.717, 1.165) is 31.2 Å². The zero-order chi connectivity index (χ0) is 9.97. The van der Waals surface area contributed by atoms with E-state index in [0.29, 0.717) is 6.04 Å². The summed E-state index contributed by atoms with van der Waals surface area (Å²) in [5, 5.41) is 0. The molecule has 0 radical (unpaired) electrons. The molecule has 2 rings (SSSR count). The van der Waals surface area contributed by atoms with Crippen LogP contribution in [0.25, 0.3) is 0 Å². The molecule has 0 spiro atoms. The van der Waals surface area contributed by atoms with Crippen molar-refractivity contribution >= 4 is 0 Å². The molecule has 76 valence electrons. The summed E-state index contributed by atoms with van der Waals surface area (Å²) in [7, 11) is 0. The zero-order valence-electron chi connectivity index (χ0n) is 8.48. The third kappa shape index (κ3) is 1.91. The number of aryl methyl sites for hydroxylation is 1. The molecule has 0 bridgehead atoms. The van der Waals surface area contributed by atoms with Crippen molar-refractivity contribution in [2.45, 2.75) is 25.9 Å². The molecule has 1 aliphatic heterocycles. The lowest BCUT2D eigenvalue weighted by atomic mass is 10.0. The third-order valence-corrected chi connectivity index (χ3v) is 2.73. The lowest BCUT2D eigenvalue weighted by Crippen LogP contribution is -2.51. The van der Waals surface area contributed by atoms with E-state index in [-0.39, 0.29) is 0 Å². The predicted molar refractivity (Wildman–Crippen MR) is 54.6 cm³/mol. The summed E-state index contributed by atoms with van der Waals surface area (Å²) < 4.78 is 0. The van der Waals surface area contributed by atoms with Crippen LogP contribution in [0.4, 0.5) is 0 Å². The van der Waals surface area contributed by atoms with Crippen LogP contribution in [0.15, 0.2) is 12.3 Å². The van der Waals surface area contributed by atoms with Gasteiger partial charge in [0.2, 0.25) is 0 Å². The van der Waals surface area contributed by atoms with Gasteiger partial charge in [-0.3, -0.25) is 4.90 Å². The van der Waals surface area contributed by atoms with Gasteiger partial charge >= 0.3 is 0 Å². The average molecular weight is 192 g/mol. The first kappa shape index (κ1) is 9.55. The standard InChI is InChI=1S/C10H16N4/c1-8-2-4-12-10(13-8)7-14-5-3-9(14)6-11/h2,4,9H,3,5-7,11H2,1H3. The summed E-state index contributed by atoms with van der Waals surface area (Å²) in [5.74, 6) is 0.906. The lowest BCUT2D eigenvalue weighted by molar-refractivity contribution is 0.0850. The van der Waals surface area contributed by atoms with Crippen molar-refractivity contribution in [3.8, 4) is 0 Å². The highest BCUT2D eigenvalue weighted by molar-refractivity contribution is 5.00. The topological polar surface area (TPSA) is 55.0 Å². The van der Waals surface area contributed by atoms with Crippen LogP contribution in [-0.2, 0) is 6.54 Å². The quantitative estimate of drug-likeness (QED) is 0.749. The number of aromatic nitrogens is 2. The maximum atomic E-state index is 5.63. The van der Waals surface area contributed by atoms with Crippen molar-refractivity contribution in [2.75, 3.05) is 13.1 Å². The Hall–Kier alpha value is -1.00. The molecular formula is C10H16N4. The molecule has 1 saturated heterocycles. The molecule has 1 unspecified atom stereocenters. The Labute approximate surface area is 84.2 Å². The molecule has 1 aromatic heterocycles. The molecule has 2 heterocycles. The highest BCUT2D eigenvalue weighted by Gasteiger charge is 2.26. The molecule has 1 fully saturated rings. The van der Waals surface area contributed by atoms with Crippen LogP contribution < -0.4 is 5.73 Å². The SMILES string of the molecule is Cc1ccnc(CN2CCC2CN)n1. The maximum absolute atomic E-state index is 5.63. The molecular weight excluding hydrogens is 176 g/mol. The van der Waals surface area contributed by atoms with Crippen LogP contribution in [0.5, 0.6) is 0 Å². The van der Waals surface area contributed by atoms with Gasteiger partial charge < -0.3 is 5.73 Å². The smallest absolute Gasteiger partial charge is 0.142 e. The van der Waals surface area contributed by atoms with Gasteiger partial charge in [-0.2, -0.15) is 0 Å². The fraction of sp³-hybridized carbons (Fsp3) is 0.600. The monoisotopic (exact) mass is 192 g/mol. The molecule has 0 aromatic carbocycles. The summed E-state index contributed by atoms with van der Waals surface area (Å²) in [5.41, 5.74) is 6.65. The second-order valence-electron chi connectivity index (χ2n) is 3.76. The molecule has 14 heavy (non-hydrogen) atoms. The highest BCUT2D eigenvalue weighted by Crippen LogP contribution is 2.17. The summed E-state index contributed by atoms with van der Waals surface area (Å²) >= 11 is 0. The fourth-order valence-corrected chi connectivity index (χ4v) is 1.73. The van der Waals surface area contributed by atoms with Crippen LogP contribution >= 0.6 is 0 Å². The minimum Gasteiger partial charge on any atom is -0.329 e. The number of rotatable bonds is 3. The van der Waals surface area contributed by atoms with E-state index in [4.69, 9.17) is 5.73 Å². The lowest BCUT2D eigenvalue weighted by Gasteiger charge is -2.39. The largest absolute Gasteiger partial charge is 0.329 e. The van der Waals surface area contributed by atoms with E-state index >= 15 is 0 Å². The van der Waals surface area contributed by atoms with Crippen LogP contribution in [0.2, 0.25) is 0 Å². The number of hydrogen-bond donors (Lipinski definition) is 1. The molecule has 0 aliphatic carbocycles. The van der Waals surface area contributed by atoms with Gasteiger partial charge in [-0.05, 0) is 19.4 Å². The van der Waals surface area contributed by atoms with Crippen LogP contribution in [0.3, 0.4) is 0 Å². The van der Waals surface area contributed by atoms with Crippen LogP contribution in [0.1, 0.15) is 17.9 Å². The van der Waals surface area contributed by atoms with Gasteiger partial charge in [0, 0.05) is 31.0 Å². The Morgan fingerprint density at radius 3 is 3.07 bits per heavy atom. The molecule has 1 atom stereocenters. The van der Waals surface area contributed by atoms with E-state index in [2.05, 4.69) is 14.9 Å². The van der Waals surface area contributed by atoms with E-state index in [9.17, 15) is 0 Å². The highest BCUT2D eigenvalue weighted by atomic mass is 15.2. The Morgan fingerprint density at radius 2 is 2.50 bits per heavy atom. The van der Waals surface area contributed by atoms with E-state index in [1.807, 2.05) is 19.2 Å². The van der Waals surface area contributed by atoms with Crippen molar-refractivity contribution < 1.29 is 0 Å². The minimum absolute atomic E-state index is 0.541. The zero-order valence-corrected chi connectivity index (χ0v) is 8.48. The first-order chi connectivity index (χ1) is 6.79.